The summed E-state index contributed by atoms with van der Waals surface area (Å²) in [5.41, 5.74) is 0.991. The van der Waals surface area contributed by atoms with E-state index in [1.165, 1.54) is 45.2 Å². The molecule has 0 spiro atoms. The van der Waals surface area contributed by atoms with E-state index in [4.69, 9.17) is 16.3 Å². The highest BCUT2D eigenvalue weighted by molar-refractivity contribution is 7.89. The van der Waals surface area contributed by atoms with Gasteiger partial charge in [-0.15, -0.1) is 0 Å². The summed E-state index contributed by atoms with van der Waals surface area (Å²) in [5, 5.41) is 20.4. The van der Waals surface area contributed by atoms with Gasteiger partial charge < -0.3 is 10.1 Å². The second kappa shape index (κ2) is 17.2. The van der Waals surface area contributed by atoms with Gasteiger partial charge in [-0.3, -0.25) is 34.0 Å². The van der Waals surface area contributed by atoms with Crippen molar-refractivity contribution in [3.05, 3.63) is 75.2 Å². The molecule has 3 saturated heterocycles. The van der Waals surface area contributed by atoms with Crippen molar-refractivity contribution >= 4 is 67.3 Å². The number of rotatable bonds is 11. The second-order valence-electron chi connectivity index (χ2n) is 15.5. The molecule has 3 amide bonds. The molecule has 326 valence electrons. The predicted molar refractivity (Wildman–Crippen MR) is 222 cm³/mol. The summed E-state index contributed by atoms with van der Waals surface area (Å²) < 4.78 is 77.0. The maximum atomic E-state index is 13.8. The summed E-state index contributed by atoms with van der Waals surface area (Å²) in [6.07, 6.45) is -0.778. The van der Waals surface area contributed by atoms with Crippen LogP contribution in [0.4, 0.5) is 29.7 Å². The molecule has 2 N–H and O–H groups in total. The number of carbonyl (C=O) groups is 2. The summed E-state index contributed by atoms with van der Waals surface area (Å²) >= 11 is 5.88. The third-order valence-corrected chi connectivity index (χ3v) is 13.7. The fourth-order valence-corrected chi connectivity index (χ4v) is 9.92. The van der Waals surface area contributed by atoms with Crippen LogP contribution in [-0.4, -0.2) is 112 Å². The number of anilines is 2. The fraction of sp³-hybridized carbons (Fsp3) is 0.425. The van der Waals surface area contributed by atoms with Gasteiger partial charge in [-0.05, 0) is 80.6 Å². The molecule has 0 saturated carbocycles. The Kier molecular flexibility index (Phi) is 11.9. The van der Waals surface area contributed by atoms with Crippen LogP contribution in [0.2, 0.25) is 5.02 Å². The van der Waals surface area contributed by atoms with E-state index in [2.05, 4.69) is 48.8 Å². The highest BCUT2D eigenvalue weighted by Crippen LogP contribution is 2.34. The molecule has 2 aromatic carbocycles. The van der Waals surface area contributed by atoms with Crippen molar-refractivity contribution in [3.63, 3.8) is 0 Å². The zero-order valence-electron chi connectivity index (χ0n) is 33.4. The van der Waals surface area contributed by atoms with Crippen molar-refractivity contribution in [1.82, 2.24) is 38.8 Å². The van der Waals surface area contributed by atoms with Crippen molar-refractivity contribution in [2.24, 2.45) is 7.05 Å². The van der Waals surface area contributed by atoms with Crippen LogP contribution in [-0.2, 0) is 28.4 Å². The van der Waals surface area contributed by atoms with Gasteiger partial charge in [0.15, 0.2) is 5.82 Å². The molecule has 0 radical (unpaired) electrons. The highest BCUT2D eigenvalue weighted by Gasteiger charge is 2.33. The van der Waals surface area contributed by atoms with Gasteiger partial charge in [0.25, 0.3) is 5.56 Å². The molecule has 3 fully saturated rings. The molecule has 0 unspecified atom stereocenters. The molecular formula is C40H41ClF3N11O6S. The number of nitriles is 1. The van der Waals surface area contributed by atoms with Gasteiger partial charge in [0.1, 0.15) is 35.6 Å². The first-order valence-electron chi connectivity index (χ1n) is 19.9. The number of imide groups is 1. The van der Waals surface area contributed by atoms with Crippen molar-refractivity contribution in [1.29, 1.82) is 5.26 Å². The molecule has 62 heavy (non-hydrogen) atoms. The minimum absolute atomic E-state index is 0.0144. The Morgan fingerprint density at radius 2 is 1.77 bits per heavy atom. The Balaban J connectivity index is 0.847. The Labute approximate surface area is 358 Å². The molecule has 5 aromatic rings. The van der Waals surface area contributed by atoms with Crippen LogP contribution < -0.4 is 25.8 Å². The maximum Gasteiger partial charge on any atom is 0.406 e. The SMILES string of the molecule is Cn1nc(N2CCC(=O)NC2=O)c2ccc(C3CCN(CCOc4cc(S(=O)(=O)N5CCC(Nc6ncc7cc(Cl)c(=O)n(CC(F)(F)F)c7n6)CC5)ccc4C#N)CC3)cc21. The lowest BCUT2D eigenvalue weighted by Gasteiger charge is -2.32. The fourth-order valence-electron chi connectivity index (χ4n) is 8.22. The lowest BCUT2D eigenvalue weighted by Crippen LogP contribution is -2.49. The Morgan fingerprint density at radius 3 is 2.48 bits per heavy atom. The van der Waals surface area contributed by atoms with Crippen LogP contribution in [0.5, 0.6) is 5.75 Å². The van der Waals surface area contributed by atoms with Gasteiger partial charge in [0, 0.05) is 68.7 Å². The number of hydrogen-bond donors (Lipinski definition) is 2. The van der Waals surface area contributed by atoms with Gasteiger partial charge in [0.05, 0.1) is 16.0 Å². The Bertz CT molecular complexity index is 2780. The van der Waals surface area contributed by atoms with Crippen LogP contribution in [0, 0.1) is 11.3 Å². The van der Waals surface area contributed by atoms with Crippen molar-refractivity contribution in [2.75, 3.05) is 56.1 Å². The van der Waals surface area contributed by atoms with Crippen LogP contribution in [0.3, 0.4) is 0 Å². The van der Waals surface area contributed by atoms with Crippen LogP contribution >= 0.6 is 11.6 Å². The van der Waals surface area contributed by atoms with E-state index in [0.29, 0.717) is 35.7 Å². The van der Waals surface area contributed by atoms with E-state index < -0.39 is 39.4 Å². The molecule has 8 rings (SSSR count). The van der Waals surface area contributed by atoms with Crippen LogP contribution in [0.15, 0.2) is 58.4 Å². The number of pyridine rings is 1. The molecule has 17 nitrogen and oxygen atoms in total. The molecule has 3 aliphatic rings. The Hall–Kier alpha value is -5.82. The van der Waals surface area contributed by atoms with Crippen molar-refractivity contribution < 1.29 is 35.9 Å². The van der Waals surface area contributed by atoms with E-state index in [9.17, 15) is 41.2 Å². The summed E-state index contributed by atoms with van der Waals surface area (Å²) in [5.74, 6) is 0.665. The Morgan fingerprint density at radius 1 is 1.02 bits per heavy atom. The van der Waals surface area contributed by atoms with E-state index in [1.807, 2.05) is 13.1 Å². The smallest absolute Gasteiger partial charge is 0.406 e. The average molecular weight is 896 g/mol. The molecule has 3 aliphatic heterocycles. The number of aromatic nitrogens is 5. The van der Waals surface area contributed by atoms with Crippen molar-refractivity contribution in [2.45, 2.75) is 61.7 Å². The number of piperidine rings is 2. The van der Waals surface area contributed by atoms with E-state index in [0.717, 1.165) is 36.8 Å². The first-order chi connectivity index (χ1) is 29.6. The molecule has 22 heteroatoms. The van der Waals surface area contributed by atoms with E-state index >= 15 is 0 Å². The van der Waals surface area contributed by atoms with E-state index in [1.54, 1.807) is 4.68 Å². The number of amides is 3. The summed E-state index contributed by atoms with van der Waals surface area (Å²) in [7, 11) is -2.16. The van der Waals surface area contributed by atoms with Crippen molar-refractivity contribution in [3.8, 4) is 11.8 Å². The van der Waals surface area contributed by atoms with Gasteiger partial charge >= 0.3 is 12.2 Å². The van der Waals surface area contributed by atoms with Crippen LogP contribution in [0.1, 0.15) is 49.1 Å². The second-order valence-corrected chi connectivity index (χ2v) is 17.9. The molecule has 0 bridgehead atoms. The molecular weight excluding hydrogens is 855 g/mol. The van der Waals surface area contributed by atoms with Gasteiger partial charge in [0.2, 0.25) is 21.9 Å². The number of fused-ring (bicyclic) bond motifs is 2. The highest BCUT2D eigenvalue weighted by atomic mass is 35.5. The molecule has 0 atom stereocenters. The largest absolute Gasteiger partial charge is 0.491 e. The first kappa shape index (κ1) is 42.9. The lowest BCUT2D eigenvalue weighted by atomic mass is 9.89. The zero-order valence-corrected chi connectivity index (χ0v) is 34.9. The minimum Gasteiger partial charge on any atom is -0.491 e. The number of halogens is 4. The number of hydrogen-bond acceptors (Lipinski definition) is 12. The van der Waals surface area contributed by atoms with Crippen LogP contribution in [0.25, 0.3) is 21.9 Å². The van der Waals surface area contributed by atoms with Gasteiger partial charge in [-0.25, -0.2) is 18.2 Å². The lowest BCUT2D eigenvalue weighted by molar-refractivity contribution is -0.140. The molecule has 0 aliphatic carbocycles. The number of urea groups is 1. The number of sulfonamides is 1. The van der Waals surface area contributed by atoms with E-state index in [-0.39, 0.29) is 77.8 Å². The topological polar surface area (TPSA) is 201 Å². The number of likely N-dealkylation sites (tertiary alicyclic amines) is 1. The number of alkyl halides is 3. The molecule has 3 aromatic heterocycles. The third kappa shape index (κ3) is 8.90. The van der Waals surface area contributed by atoms with Gasteiger partial charge in [-0.1, -0.05) is 17.7 Å². The summed E-state index contributed by atoms with van der Waals surface area (Å²) in [6, 6.07) is 12.8. The predicted octanol–water partition coefficient (Wildman–Crippen LogP) is 4.74. The number of benzene rings is 2. The first-order valence-corrected chi connectivity index (χ1v) is 21.8. The molecule has 6 heterocycles. The monoisotopic (exact) mass is 895 g/mol. The standard InChI is InChI=1S/C40H41ClF3N11O6S/c1-51-32-19-25(3-5-30(32)36(50-51)54-15-10-34(56)48-39(54)58)24-6-11-52(12-7-24)16-17-61-33-20-29(4-2-26(33)21-45)62(59,60)53-13-8-28(9-14-53)47-38-46-22-27-18-31(41)37(57)55(35(27)49-38)23-40(42,43)44/h2-5,18-20,22,24,28H,6-17,23H2,1H3,(H,46,47,49)(H,48,56,58). The average Bonchev–Trinajstić information content (AvgIpc) is 3.57. The van der Waals surface area contributed by atoms with Gasteiger partial charge in [-0.2, -0.15) is 32.8 Å². The normalized spacial score (nSPS) is 17.7. The number of carbonyl (C=O) groups excluding carboxylic acids is 2. The number of nitrogens with one attached hydrogen (secondary N) is 2. The number of nitrogens with zero attached hydrogens (tertiary/aromatic N) is 9. The third-order valence-electron chi connectivity index (χ3n) is 11.5. The zero-order chi connectivity index (χ0) is 43.9. The summed E-state index contributed by atoms with van der Waals surface area (Å²) in [4.78, 5) is 48.7. The minimum atomic E-state index is -4.70. The number of ether oxygens (including phenoxy) is 1. The quantitative estimate of drug-likeness (QED) is 0.185. The number of aryl methyl sites for hydroxylation is 1. The maximum absolute atomic E-state index is 13.8. The summed E-state index contributed by atoms with van der Waals surface area (Å²) in [6.45, 7) is 1.32.